The van der Waals surface area contributed by atoms with Gasteiger partial charge in [0.15, 0.2) is 0 Å². The number of amides is 1. The molecule has 0 aliphatic carbocycles. The number of aryl methyl sites for hydroxylation is 2. The van der Waals surface area contributed by atoms with Crippen LogP contribution in [-0.2, 0) is 22.5 Å². The van der Waals surface area contributed by atoms with Crippen LogP contribution >= 0.6 is 0 Å². The molecule has 0 bridgehead atoms. The third-order valence-corrected chi connectivity index (χ3v) is 5.26. The number of carbonyl (C=O) groups is 1. The minimum atomic E-state index is -0.267. The van der Waals surface area contributed by atoms with Gasteiger partial charge < -0.3 is 9.64 Å². The lowest BCUT2D eigenvalue weighted by Gasteiger charge is -2.33. The summed E-state index contributed by atoms with van der Waals surface area (Å²) >= 11 is 0. The molecule has 0 saturated carbocycles. The van der Waals surface area contributed by atoms with Crippen LogP contribution in [0.4, 0.5) is 4.39 Å². The lowest BCUT2D eigenvalue weighted by molar-refractivity contribution is -0.140. The summed E-state index contributed by atoms with van der Waals surface area (Å²) in [6.45, 7) is 5.59. The second-order valence-electron chi connectivity index (χ2n) is 7.64. The van der Waals surface area contributed by atoms with Crippen LogP contribution in [-0.4, -0.2) is 45.3 Å². The van der Waals surface area contributed by atoms with Crippen molar-refractivity contribution in [1.82, 2.24) is 19.7 Å². The van der Waals surface area contributed by atoms with Gasteiger partial charge in [0.25, 0.3) is 0 Å². The summed E-state index contributed by atoms with van der Waals surface area (Å²) in [6, 6.07) is 14.2. The zero-order valence-electron chi connectivity index (χ0n) is 17.2. The van der Waals surface area contributed by atoms with Gasteiger partial charge in [-0.25, -0.2) is 4.39 Å². The molecule has 1 fully saturated rings. The Morgan fingerprint density at radius 2 is 2.00 bits per heavy atom. The highest BCUT2D eigenvalue weighted by Gasteiger charge is 2.27. The van der Waals surface area contributed by atoms with Gasteiger partial charge in [-0.05, 0) is 49.7 Å². The molecule has 1 aromatic carbocycles. The number of hydrogen-bond acceptors (Lipinski definition) is 4. The number of rotatable bonds is 5. The molecule has 7 heteroatoms. The van der Waals surface area contributed by atoms with Gasteiger partial charge in [-0.15, -0.1) is 0 Å². The molecule has 30 heavy (non-hydrogen) atoms. The fourth-order valence-electron chi connectivity index (χ4n) is 3.71. The van der Waals surface area contributed by atoms with Gasteiger partial charge in [-0.3, -0.25) is 14.5 Å². The SMILES string of the molecule is Cc1cc(C)n(CC(=O)N2CCO[C@@H](c3cccc(Cc4ccc(F)cc4)n3)C2)n1. The largest absolute Gasteiger partial charge is 0.368 e. The Bertz CT molecular complexity index is 1030. The Balaban J connectivity index is 1.43. The smallest absolute Gasteiger partial charge is 0.244 e. The van der Waals surface area contributed by atoms with Crippen LogP contribution in [0, 0.1) is 19.7 Å². The van der Waals surface area contributed by atoms with Crippen molar-refractivity contribution in [2.24, 2.45) is 0 Å². The maximum absolute atomic E-state index is 13.1. The summed E-state index contributed by atoms with van der Waals surface area (Å²) in [5, 5.41) is 4.38. The Hall–Kier alpha value is -3.06. The molecular formula is C23H25FN4O2. The molecule has 0 radical (unpaired) electrons. The lowest BCUT2D eigenvalue weighted by Crippen LogP contribution is -2.44. The van der Waals surface area contributed by atoms with Crippen LogP contribution in [0.1, 0.15) is 34.4 Å². The van der Waals surface area contributed by atoms with Crippen LogP contribution in [0.2, 0.25) is 0 Å². The van der Waals surface area contributed by atoms with Gasteiger partial charge in [-0.1, -0.05) is 18.2 Å². The lowest BCUT2D eigenvalue weighted by atomic mass is 10.1. The van der Waals surface area contributed by atoms with E-state index in [-0.39, 0.29) is 24.4 Å². The average Bonchev–Trinajstić information content (AvgIpc) is 3.06. The van der Waals surface area contributed by atoms with Gasteiger partial charge in [0.1, 0.15) is 18.5 Å². The highest BCUT2D eigenvalue weighted by Crippen LogP contribution is 2.22. The highest BCUT2D eigenvalue weighted by atomic mass is 19.1. The summed E-state index contributed by atoms with van der Waals surface area (Å²) < 4.78 is 20.8. The van der Waals surface area contributed by atoms with Crippen molar-refractivity contribution in [3.05, 3.63) is 82.7 Å². The van der Waals surface area contributed by atoms with Gasteiger partial charge in [0.2, 0.25) is 5.91 Å². The van der Waals surface area contributed by atoms with Gasteiger partial charge >= 0.3 is 0 Å². The number of nitrogens with zero attached hydrogens (tertiary/aromatic N) is 4. The van der Waals surface area contributed by atoms with Crippen molar-refractivity contribution in [2.45, 2.75) is 32.9 Å². The van der Waals surface area contributed by atoms with Crippen LogP contribution < -0.4 is 0 Å². The Labute approximate surface area is 175 Å². The number of pyridine rings is 1. The Morgan fingerprint density at radius 3 is 2.73 bits per heavy atom. The molecular weight excluding hydrogens is 383 g/mol. The molecule has 2 aromatic heterocycles. The maximum Gasteiger partial charge on any atom is 0.244 e. The van der Waals surface area contributed by atoms with Gasteiger partial charge in [-0.2, -0.15) is 5.10 Å². The average molecular weight is 408 g/mol. The van der Waals surface area contributed by atoms with Gasteiger partial charge in [0, 0.05) is 24.4 Å². The zero-order valence-corrected chi connectivity index (χ0v) is 17.2. The summed E-state index contributed by atoms with van der Waals surface area (Å²) in [6.07, 6.45) is 0.345. The molecule has 1 saturated heterocycles. The first kappa shape index (κ1) is 20.2. The van der Waals surface area contributed by atoms with E-state index in [1.807, 2.05) is 43.0 Å². The van der Waals surface area contributed by atoms with Crippen molar-refractivity contribution in [1.29, 1.82) is 0 Å². The van der Waals surface area contributed by atoms with Crippen LogP contribution in [0.3, 0.4) is 0 Å². The quantitative estimate of drug-likeness (QED) is 0.650. The van der Waals surface area contributed by atoms with Crippen LogP contribution in [0.15, 0.2) is 48.5 Å². The molecule has 6 nitrogen and oxygen atoms in total. The minimum Gasteiger partial charge on any atom is -0.368 e. The molecule has 1 amide bonds. The number of halogens is 1. The normalized spacial score (nSPS) is 16.6. The molecule has 1 aliphatic rings. The van der Waals surface area contributed by atoms with E-state index < -0.39 is 0 Å². The first-order valence-corrected chi connectivity index (χ1v) is 10.1. The number of morpholine rings is 1. The predicted octanol–water partition coefficient (Wildman–Crippen LogP) is 3.22. The van der Waals surface area contributed by atoms with Crippen molar-refractivity contribution in [3.63, 3.8) is 0 Å². The second-order valence-corrected chi connectivity index (χ2v) is 7.64. The number of benzene rings is 1. The van der Waals surface area contributed by atoms with Crippen LogP contribution in [0.25, 0.3) is 0 Å². The summed E-state index contributed by atoms with van der Waals surface area (Å²) in [5.74, 6) is -0.224. The molecule has 0 unspecified atom stereocenters. The van der Waals surface area contributed by atoms with E-state index in [1.165, 1.54) is 12.1 Å². The van der Waals surface area contributed by atoms with Crippen molar-refractivity contribution in [3.8, 4) is 0 Å². The number of hydrogen-bond donors (Lipinski definition) is 0. The van der Waals surface area contributed by atoms with E-state index in [9.17, 15) is 9.18 Å². The fraction of sp³-hybridized carbons (Fsp3) is 0.348. The molecule has 0 spiro atoms. The molecule has 3 heterocycles. The van der Waals surface area contributed by atoms with Crippen LogP contribution in [0.5, 0.6) is 0 Å². The first-order valence-electron chi connectivity index (χ1n) is 10.1. The van der Waals surface area contributed by atoms with E-state index in [1.54, 1.807) is 16.8 Å². The maximum atomic E-state index is 13.1. The van der Waals surface area contributed by atoms with E-state index in [2.05, 4.69) is 5.10 Å². The number of carbonyl (C=O) groups excluding carboxylic acids is 1. The predicted molar refractivity (Wildman–Crippen MR) is 110 cm³/mol. The number of ether oxygens (including phenoxy) is 1. The van der Waals surface area contributed by atoms with Crippen molar-refractivity contribution in [2.75, 3.05) is 19.7 Å². The highest BCUT2D eigenvalue weighted by molar-refractivity contribution is 5.76. The summed E-state index contributed by atoms with van der Waals surface area (Å²) in [5.41, 5.74) is 4.56. The molecule has 1 atom stereocenters. The van der Waals surface area contributed by atoms with E-state index in [0.29, 0.717) is 26.1 Å². The molecule has 156 valence electrons. The molecule has 4 rings (SSSR count). The first-order chi connectivity index (χ1) is 14.5. The molecule has 1 aliphatic heterocycles. The Kier molecular flexibility index (Phi) is 5.90. The molecule has 0 N–H and O–H groups in total. The van der Waals surface area contributed by atoms with E-state index in [4.69, 9.17) is 9.72 Å². The van der Waals surface area contributed by atoms with Crippen molar-refractivity contribution >= 4 is 5.91 Å². The third-order valence-electron chi connectivity index (χ3n) is 5.26. The third kappa shape index (κ3) is 4.74. The van der Waals surface area contributed by atoms with E-state index >= 15 is 0 Å². The fourth-order valence-corrected chi connectivity index (χ4v) is 3.71. The second kappa shape index (κ2) is 8.75. The van der Waals surface area contributed by atoms with Gasteiger partial charge in [0.05, 0.1) is 24.5 Å². The topological polar surface area (TPSA) is 60.2 Å². The standard InChI is InChI=1S/C23H25FN4O2/c1-16-12-17(2)28(26-16)15-23(29)27-10-11-30-22(14-27)21-5-3-4-20(25-21)13-18-6-8-19(24)9-7-18/h3-9,12,22H,10-11,13-15H2,1-2H3/t22-/m1/s1. The summed E-state index contributed by atoms with van der Waals surface area (Å²) in [4.78, 5) is 19.4. The Morgan fingerprint density at radius 1 is 1.20 bits per heavy atom. The zero-order chi connectivity index (χ0) is 21.1. The minimum absolute atomic E-state index is 0.0250. The molecule has 3 aromatic rings. The van der Waals surface area contributed by atoms with E-state index in [0.717, 1.165) is 28.3 Å². The number of aromatic nitrogens is 3. The van der Waals surface area contributed by atoms with Crippen molar-refractivity contribution < 1.29 is 13.9 Å². The summed E-state index contributed by atoms with van der Waals surface area (Å²) in [7, 11) is 0. The monoisotopic (exact) mass is 408 g/mol.